The van der Waals surface area contributed by atoms with Crippen LogP contribution in [0.1, 0.15) is 24.0 Å². The number of terminal acetylenes is 1. The Morgan fingerprint density at radius 2 is 1.94 bits per heavy atom. The van der Waals surface area contributed by atoms with E-state index in [1.54, 1.807) is 0 Å². The van der Waals surface area contributed by atoms with Crippen LogP contribution in [0.3, 0.4) is 0 Å². The van der Waals surface area contributed by atoms with Crippen molar-refractivity contribution in [1.82, 2.24) is 0 Å². The summed E-state index contributed by atoms with van der Waals surface area (Å²) in [6.07, 6.45) is 8.31. The molecule has 0 bridgehead atoms. The van der Waals surface area contributed by atoms with Gasteiger partial charge in [0.2, 0.25) is 0 Å². The lowest BCUT2D eigenvalue weighted by Gasteiger charge is -2.09. The van der Waals surface area contributed by atoms with E-state index in [1.807, 2.05) is 0 Å². The van der Waals surface area contributed by atoms with E-state index >= 15 is 0 Å². The summed E-state index contributed by atoms with van der Waals surface area (Å²) in [5.74, 6) is 2.71. The molecule has 0 amide bonds. The molecule has 2 rings (SSSR count). The summed E-state index contributed by atoms with van der Waals surface area (Å²) in [6, 6.07) is 12.9. The number of hydrogen-bond acceptors (Lipinski definition) is 0. The maximum absolute atomic E-state index is 5.29. The molecule has 0 fully saturated rings. The van der Waals surface area contributed by atoms with Crippen molar-refractivity contribution < 1.29 is 0 Å². The van der Waals surface area contributed by atoms with Crippen molar-refractivity contribution in [2.75, 3.05) is 0 Å². The van der Waals surface area contributed by atoms with Gasteiger partial charge >= 0.3 is 0 Å². The van der Waals surface area contributed by atoms with Crippen molar-refractivity contribution in [2.24, 2.45) is 0 Å². The van der Waals surface area contributed by atoms with Crippen LogP contribution < -0.4 is 0 Å². The third-order valence-corrected chi connectivity index (χ3v) is 3.02. The molecule has 80 valence electrons. The zero-order chi connectivity index (χ0) is 11.4. The average molecular weight is 208 g/mol. The van der Waals surface area contributed by atoms with Gasteiger partial charge in [0, 0.05) is 6.42 Å². The highest BCUT2D eigenvalue weighted by molar-refractivity contribution is 5.86. The quantitative estimate of drug-likeness (QED) is 0.526. The maximum Gasteiger partial charge on any atom is 0.00892 e. The zero-order valence-corrected chi connectivity index (χ0v) is 9.66. The molecule has 0 nitrogen and oxygen atoms in total. The van der Waals surface area contributed by atoms with E-state index < -0.39 is 0 Å². The lowest BCUT2D eigenvalue weighted by atomic mass is 9.96. The Bertz CT molecular complexity index is 529. The van der Waals surface area contributed by atoms with Crippen LogP contribution in [-0.4, -0.2) is 0 Å². The molecule has 2 aromatic rings. The summed E-state index contributed by atoms with van der Waals surface area (Å²) >= 11 is 0. The number of benzene rings is 2. The van der Waals surface area contributed by atoms with Crippen molar-refractivity contribution >= 4 is 10.8 Å². The summed E-state index contributed by atoms with van der Waals surface area (Å²) in [5, 5.41) is 2.70. The Morgan fingerprint density at radius 3 is 2.75 bits per heavy atom. The largest absolute Gasteiger partial charge is 0.120 e. The van der Waals surface area contributed by atoms with E-state index in [9.17, 15) is 0 Å². The smallest absolute Gasteiger partial charge is 0.00892 e. The summed E-state index contributed by atoms with van der Waals surface area (Å²) < 4.78 is 0. The molecule has 0 spiro atoms. The molecule has 16 heavy (non-hydrogen) atoms. The Kier molecular flexibility index (Phi) is 3.27. The van der Waals surface area contributed by atoms with Crippen molar-refractivity contribution in [1.29, 1.82) is 0 Å². The third kappa shape index (κ3) is 2.09. The number of unbranched alkanes of at least 4 members (excludes halogenated alkanes) is 1. The second kappa shape index (κ2) is 4.86. The van der Waals surface area contributed by atoms with Gasteiger partial charge in [-0.25, -0.2) is 0 Å². The fraction of sp³-hybridized carbons (Fsp3) is 0.250. The first-order chi connectivity index (χ1) is 7.83. The summed E-state index contributed by atoms with van der Waals surface area (Å²) in [6.45, 7) is 2.18. The molecule has 0 aromatic heterocycles. The lowest BCUT2D eigenvalue weighted by molar-refractivity contribution is 0.858. The van der Waals surface area contributed by atoms with E-state index in [1.165, 1.54) is 21.9 Å². The Balaban J connectivity index is 2.41. The minimum absolute atomic E-state index is 0.864. The normalized spacial score (nSPS) is 10.2. The van der Waals surface area contributed by atoms with Crippen molar-refractivity contribution in [3.63, 3.8) is 0 Å². The van der Waals surface area contributed by atoms with Crippen molar-refractivity contribution in [3.05, 3.63) is 47.5 Å². The number of fused-ring (bicyclic) bond motifs is 1. The molecule has 0 N–H and O–H groups in total. The molecule has 0 heterocycles. The van der Waals surface area contributed by atoms with E-state index in [-0.39, 0.29) is 0 Å². The molecule has 0 atom stereocenters. The van der Waals surface area contributed by atoms with Crippen LogP contribution in [-0.2, 0) is 6.42 Å². The van der Waals surface area contributed by atoms with Gasteiger partial charge in [0.1, 0.15) is 0 Å². The van der Waals surface area contributed by atoms with Crippen LogP contribution in [0.15, 0.2) is 36.4 Å². The lowest BCUT2D eigenvalue weighted by Crippen LogP contribution is -1.91. The topological polar surface area (TPSA) is 0 Å². The van der Waals surface area contributed by atoms with E-state index in [0.717, 1.165) is 19.3 Å². The second-order valence-corrected chi connectivity index (χ2v) is 4.14. The molecule has 0 saturated heterocycles. The second-order valence-electron chi connectivity index (χ2n) is 4.14. The fourth-order valence-corrected chi connectivity index (χ4v) is 2.14. The molecule has 0 radical (unpaired) electrons. The zero-order valence-electron chi connectivity index (χ0n) is 9.66. The van der Waals surface area contributed by atoms with E-state index in [2.05, 4.69) is 49.2 Å². The van der Waals surface area contributed by atoms with Crippen molar-refractivity contribution in [2.45, 2.75) is 26.2 Å². The Labute approximate surface area is 97.3 Å². The Hall–Kier alpha value is -1.74. The highest BCUT2D eigenvalue weighted by Crippen LogP contribution is 2.23. The number of aryl methyl sites for hydroxylation is 2. The highest BCUT2D eigenvalue weighted by Gasteiger charge is 2.03. The highest BCUT2D eigenvalue weighted by atomic mass is 14.1. The predicted molar refractivity (Wildman–Crippen MR) is 70.5 cm³/mol. The standard InChI is InChI=1S/C16H16/c1-3-4-5-9-15-13(2)11-12-14-8-6-7-10-16(14)15/h1,6-8,10-12H,4-5,9H2,2H3. The van der Waals surface area contributed by atoms with Gasteiger partial charge in [-0.15, -0.1) is 12.3 Å². The van der Waals surface area contributed by atoms with Gasteiger partial charge in [0.25, 0.3) is 0 Å². The van der Waals surface area contributed by atoms with Gasteiger partial charge in [-0.3, -0.25) is 0 Å². The SMILES string of the molecule is C#CCCCc1c(C)ccc2ccccc12. The third-order valence-electron chi connectivity index (χ3n) is 3.02. The van der Waals surface area contributed by atoms with E-state index in [4.69, 9.17) is 6.42 Å². The minimum Gasteiger partial charge on any atom is -0.120 e. The number of hydrogen-bond donors (Lipinski definition) is 0. The van der Waals surface area contributed by atoms with E-state index in [0.29, 0.717) is 0 Å². The summed E-state index contributed by atoms with van der Waals surface area (Å²) in [7, 11) is 0. The molecular weight excluding hydrogens is 192 g/mol. The van der Waals surface area contributed by atoms with Gasteiger partial charge in [-0.05, 0) is 41.7 Å². The minimum atomic E-state index is 0.864. The number of rotatable bonds is 3. The molecular formula is C16H16. The van der Waals surface area contributed by atoms with Crippen LogP contribution in [0.5, 0.6) is 0 Å². The Morgan fingerprint density at radius 1 is 1.12 bits per heavy atom. The predicted octanol–water partition coefficient (Wildman–Crippen LogP) is 4.10. The van der Waals surface area contributed by atoms with Crippen molar-refractivity contribution in [3.8, 4) is 12.3 Å². The van der Waals surface area contributed by atoms with Gasteiger partial charge in [0.15, 0.2) is 0 Å². The maximum atomic E-state index is 5.29. The van der Waals surface area contributed by atoms with Crippen LogP contribution in [0, 0.1) is 19.3 Å². The molecule has 0 aliphatic heterocycles. The van der Waals surface area contributed by atoms with Gasteiger partial charge in [-0.1, -0.05) is 36.4 Å². The molecule has 2 aromatic carbocycles. The molecule has 0 saturated carbocycles. The summed E-state index contributed by atoms with van der Waals surface area (Å²) in [5.41, 5.74) is 2.82. The molecule has 0 aliphatic carbocycles. The first kappa shape index (κ1) is 10.8. The average Bonchev–Trinajstić information content (AvgIpc) is 2.32. The fourth-order valence-electron chi connectivity index (χ4n) is 2.14. The molecule has 0 heteroatoms. The first-order valence-electron chi connectivity index (χ1n) is 5.73. The van der Waals surface area contributed by atoms with Crippen LogP contribution in [0.25, 0.3) is 10.8 Å². The van der Waals surface area contributed by atoms with Gasteiger partial charge in [-0.2, -0.15) is 0 Å². The molecule has 0 aliphatic rings. The van der Waals surface area contributed by atoms with Gasteiger partial charge < -0.3 is 0 Å². The monoisotopic (exact) mass is 208 g/mol. The van der Waals surface area contributed by atoms with Crippen LogP contribution in [0.2, 0.25) is 0 Å². The van der Waals surface area contributed by atoms with Crippen LogP contribution >= 0.6 is 0 Å². The molecule has 0 unspecified atom stereocenters. The van der Waals surface area contributed by atoms with Crippen LogP contribution in [0.4, 0.5) is 0 Å². The van der Waals surface area contributed by atoms with Gasteiger partial charge in [0.05, 0.1) is 0 Å². The summed E-state index contributed by atoms with van der Waals surface area (Å²) in [4.78, 5) is 0. The first-order valence-corrected chi connectivity index (χ1v) is 5.73.